The normalized spacial score (nSPS) is 29.8. The van der Waals surface area contributed by atoms with Crippen molar-refractivity contribution in [3.63, 3.8) is 0 Å². The first-order valence-corrected chi connectivity index (χ1v) is 6.36. The third kappa shape index (κ3) is 2.12. The van der Waals surface area contributed by atoms with Gasteiger partial charge in [0, 0.05) is 31.5 Å². The number of amides is 1. The fourth-order valence-electron chi connectivity index (χ4n) is 3.00. The minimum Gasteiger partial charge on any atom is -0.333 e. The minimum absolute atomic E-state index is 0.135. The average Bonchev–Trinajstić information content (AvgIpc) is 2.96. The summed E-state index contributed by atoms with van der Waals surface area (Å²) in [5.41, 5.74) is 0.512. The molecule has 0 radical (unpaired) electrons. The van der Waals surface area contributed by atoms with E-state index < -0.39 is 0 Å². The molecule has 18 heavy (non-hydrogen) atoms. The molecule has 2 aliphatic rings. The Kier molecular flexibility index (Phi) is 2.80. The monoisotopic (exact) mass is 244 g/mol. The minimum atomic E-state index is -0.135. The average molecular weight is 244 g/mol. The fourth-order valence-corrected chi connectivity index (χ4v) is 3.00. The van der Waals surface area contributed by atoms with E-state index in [1.165, 1.54) is 24.1 Å². The molecule has 1 aromatic heterocycles. The lowest BCUT2D eigenvalue weighted by Crippen LogP contribution is -2.47. The topological polar surface area (TPSA) is 61.1 Å². The summed E-state index contributed by atoms with van der Waals surface area (Å²) in [6.45, 7) is 3.31. The van der Waals surface area contributed by atoms with E-state index in [2.05, 4.69) is 10.2 Å². The molecule has 2 aliphatic heterocycles. The number of nitrogens with zero attached hydrogens (tertiary/aromatic N) is 3. The molecule has 2 fully saturated rings. The fraction of sp³-hybridized carbons (Fsp3) is 0.538. The van der Waals surface area contributed by atoms with Crippen LogP contribution in [-0.2, 0) is 0 Å². The van der Waals surface area contributed by atoms with Crippen LogP contribution in [0.2, 0.25) is 0 Å². The number of rotatable bonds is 1. The molecule has 2 saturated heterocycles. The lowest BCUT2D eigenvalue weighted by Gasteiger charge is -2.30. The van der Waals surface area contributed by atoms with Crippen molar-refractivity contribution in [2.75, 3.05) is 19.6 Å². The van der Waals surface area contributed by atoms with E-state index in [9.17, 15) is 4.79 Å². The van der Waals surface area contributed by atoms with Crippen molar-refractivity contribution < 1.29 is 4.79 Å². The zero-order chi connectivity index (χ0) is 12.5. The Bertz CT molecular complexity index is 489. The van der Waals surface area contributed by atoms with Crippen molar-refractivity contribution in [2.45, 2.75) is 18.9 Å². The van der Waals surface area contributed by atoms with Gasteiger partial charge in [0.15, 0.2) is 0 Å². The van der Waals surface area contributed by atoms with Gasteiger partial charge in [-0.1, -0.05) is 0 Å². The predicted octanol–water partition coefficient (Wildman–Crippen LogP) is 1.01. The van der Waals surface area contributed by atoms with Crippen LogP contribution in [0.15, 0.2) is 18.5 Å². The maximum atomic E-state index is 12.0. The zero-order valence-corrected chi connectivity index (χ0v) is 10.2. The molecule has 94 valence electrons. The first kappa shape index (κ1) is 11.3. The van der Waals surface area contributed by atoms with Gasteiger partial charge >= 0.3 is 6.03 Å². The zero-order valence-electron chi connectivity index (χ0n) is 10.2. The summed E-state index contributed by atoms with van der Waals surface area (Å²) in [5.74, 6) is 0.739. The molecular formula is C13H16N4O. The first-order chi connectivity index (χ1) is 8.74. The maximum Gasteiger partial charge on any atom is 0.325 e. The number of piperidine rings is 1. The summed E-state index contributed by atoms with van der Waals surface area (Å²) in [6.07, 6.45) is 5.53. The van der Waals surface area contributed by atoms with Gasteiger partial charge < -0.3 is 10.2 Å². The van der Waals surface area contributed by atoms with Crippen molar-refractivity contribution >= 4 is 6.03 Å². The molecule has 0 aliphatic carbocycles. The van der Waals surface area contributed by atoms with Crippen LogP contribution in [0.5, 0.6) is 0 Å². The van der Waals surface area contributed by atoms with Gasteiger partial charge in [0.25, 0.3) is 0 Å². The number of carbonyl (C=O) groups is 1. The van der Waals surface area contributed by atoms with Gasteiger partial charge in [0.1, 0.15) is 6.07 Å². The highest BCUT2D eigenvalue weighted by Gasteiger charge is 2.32. The summed E-state index contributed by atoms with van der Waals surface area (Å²) in [6, 6.07) is 3.77. The van der Waals surface area contributed by atoms with Gasteiger partial charge in [-0.15, -0.1) is 0 Å². The van der Waals surface area contributed by atoms with Gasteiger partial charge in [-0.25, -0.2) is 4.79 Å². The summed E-state index contributed by atoms with van der Waals surface area (Å²) < 4.78 is 1.45. The van der Waals surface area contributed by atoms with Crippen LogP contribution in [0, 0.1) is 17.2 Å². The van der Waals surface area contributed by atoms with Crippen LogP contribution in [0.25, 0.3) is 0 Å². The highest BCUT2D eigenvalue weighted by Crippen LogP contribution is 2.26. The molecule has 3 atom stereocenters. The molecule has 1 aromatic rings. The van der Waals surface area contributed by atoms with Crippen LogP contribution in [-0.4, -0.2) is 41.2 Å². The van der Waals surface area contributed by atoms with Gasteiger partial charge in [0.05, 0.1) is 5.56 Å². The summed E-state index contributed by atoms with van der Waals surface area (Å²) in [7, 11) is 0. The Balaban J connectivity index is 1.62. The number of fused-ring (bicyclic) bond motifs is 2. The van der Waals surface area contributed by atoms with E-state index in [4.69, 9.17) is 5.26 Å². The Hall–Kier alpha value is -1.80. The van der Waals surface area contributed by atoms with Crippen LogP contribution in [0.4, 0.5) is 4.79 Å². The smallest absolute Gasteiger partial charge is 0.325 e. The Labute approximate surface area is 106 Å². The Morgan fingerprint density at radius 1 is 1.50 bits per heavy atom. The van der Waals surface area contributed by atoms with Crippen molar-refractivity contribution in [1.82, 2.24) is 14.8 Å². The standard InChI is InChI=1S/C13H16N4O/c14-6-11-2-4-17(8-11)13(18)15-12-5-10-1-3-16(7-10)9-12/h2,4,8,10,12H,1,3,5,7,9H2,(H,15,18). The quantitative estimate of drug-likeness (QED) is 0.802. The second kappa shape index (κ2) is 4.46. The van der Waals surface area contributed by atoms with Gasteiger partial charge in [-0.2, -0.15) is 5.26 Å². The highest BCUT2D eigenvalue weighted by atomic mass is 16.2. The molecular weight excluding hydrogens is 228 g/mol. The van der Waals surface area contributed by atoms with E-state index in [1.807, 2.05) is 6.07 Å². The summed E-state index contributed by atoms with van der Waals surface area (Å²) in [5, 5.41) is 11.8. The molecule has 1 N–H and O–H groups in total. The van der Waals surface area contributed by atoms with Crippen molar-refractivity contribution in [3.8, 4) is 6.07 Å². The number of hydrogen-bond acceptors (Lipinski definition) is 3. The first-order valence-electron chi connectivity index (χ1n) is 6.36. The van der Waals surface area contributed by atoms with E-state index in [0.29, 0.717) is 5.56 Å². The van der Waals surface area contributed by atoms with Crippen LogP contribution >= 0.6 is 0 Å². The van der Waals surface area contributed by atoms with Crippen molar-refractivity contribution in [3.05, 3.63) is 24.0 Å². The lowest BCUT2D eigenvalue weighted by atomic mass is 9.97. The molecule has 1 amide bonds. The van der Waals surface area contributed by atoms with Crippen LogP contribution in [0.3, 0.4) is 0 Å². The third-order valence-corrected chi connectivity index (χ3v) is 3.85. The molecule has 2 bridgehead atoms. The third-order valence-electron chi connectivity index (χ3n) is 3.85. The number of aromatic nitrogens is 1. The summed E-state index contributed by atoms with van der Waals surface area (Å²) >= 11 is 0. The van der Waals surface area contributed by atoms with E-state index in [-0.39, 0.29) is 12.1 Å². The predicted molar refractivity (Wildman–Crippen MR) is 66.0 cm³/mol. The molecule has 0 aromatic carbocycles. The number of hydrogen-bond donors (Lipinski definition) is 1. The van der Waals surface area contributed by atoms with Gasteiger partial charge in [-0.3, -0.25) is 4.57 Å². The van der Waals surface area contributed by atoms with Gasteiger partial charge in [-0.05, 0) is 31.4 Å². The molecule has 0 saturated carbocycles. The maximum absolute atomic E-state index is 12.0. The molecule has 3 rings (SSSR count). The van der Waals surface area contributed by atoms with Crippen LogP contribution < -0.4 is 5.32 Å². The van der Waals surface area contributed by atoms with Crippen molar-refractivity contribution in [2.24, 2.45) is 5.92 Å². The van der Waals surface area contributed by atoms with Gasteiger partial charge in [0.2, 0.25) is 0 Å². The number of carbonyl (C=O) groups excluding carboxylic acids is 1. The SMILES string of the molecule is N#Cc1ccn(C(=O)NC2CC3CCN(C3)C2)c1. The molecule has 3 heterocycles. The second-order valence-corrected chi connectivity index (χ2v) is 5.22. The van der Waals surface area contributed by atoms with Crippen molar-refractivity contribution in [1.29, 1.82) is 5.26 Å². The molecule has 5 nitrogen and oxygen atoms in total. The largest absolute Gasteiger partial charge is 0.333 e. The second-order valence-electron chi connectivity index (χ2n) is 5.22. The van der Waals surface area contributed by atoms with E-state index in [0.717, 1.165) is 18.9 Å². The van der Waals surface area contributed by atoms with Crippen LogP contribution in [0.1, 0.15) is 18.4 Å². The lowest BCUT2D eigenvalue weighted by molar-refractivity contribution is 0.206. The molecule has 3 unspecified atom stereocenters. The van der Waals surface area contributed by atoms with E-state index >= 15 is 0 Å². The summed E-state index contributed by atoms with van der Waals surface area (Å²) in [4.78, 5) is 14.4. The Morgan fingerprint density at radius 2 is 2.39 bits per heavy atom. The number of nitriles is 1. The number of nitrogens with one attached hydrogen (secondary N) is 1. The molecule has 0 spiro atoms. The Morgan fingerprint density at radius 3 is 3.11 bits per heavy atom. The molecule has 5 heteroatoms. The highest BCUT2D eigenvalue weighted by molar-refractivity contribution is 5.77. The van der Waals surface area contributed by atoms with E-state index in [1.54, 1.807) is 18.5 Å².